The maximum atomic E-state index is 9.10. The van der Waals surface area contributed by atoms with E-state index in [-0.39, 0.29) is 0 Å². The van der Waals surface area contributed by atoms with Gasteiger partial charge in [0.1, 0.15) is 0 Å². The van der Waals surface area contributed by atoms with E-state index in [1.807, 2.05) is 54.6 Å². The van der Waals surface area contributed by atoms with Crippen molar-refractivity contribution in [2.75, 3.05) is 16.4 Å². The summed E-state index contributed by atoms with van der Waals surface area (Å²) in [6.45, 7) is 0. The Balaban J connectivity index is 1.49. The van der Waals surface area contributed by atoms with Crippen LogP contribution in [0, 0.1) is 11.3 Å². The summed E-state index contributed by atoms with van der Waals surface area (Å²) in [6, 6.07) is 44.6. The van der Waals surface area contributed by atoms with Gasteiger partial charge in [-0.25, -0.2) is 4.98 Å². The topological polar surface area (TPSA) is 99.7 Å². The Labute approximate surface area is 238 Å². The van der Waals surface area contributed by atoms with Crippen molar-refractivity contribution in [3.8, 4) is 39.4 Å². The summed E-state index contributed by atoms with van der Waals surface area (Å²) in [6.07, 6.45) is 1.59. The summed E-state index contributed by atoms with van der Waals surface area (Å²) < 4.78 is 0. The molecule has 1 heterocycles. The van der Waals surface area contributed by atoms with E-state index < -0.39 is 0 Å². The number of anilines is 5. The van der Waals surface area contributed by atoms with Gasteiger partial charge in [0.15, 0.2) is 5.82 Å². The zero-order valence-corrected chi connectivity index (χ0v) is 22.1. The van der Waals surface area contributed by atoms with Crippen LogP contribution in [0.2, 0.25) is 0 Å². The van der Waals surface area contributed by atoms with Crippen LogP contribution in [0.5, 0.6) is 0 Å². The number of nitrogen functional groups attached to an aromatic ring is 1. The van der Waals surface area contributed by atoms with Crippen molar-refractivity contribution in [1.82, 2.24) is 9.97 Å². The lowest BCUT2D eigenvalue weighted by Gasteiger charge is -2.20. The average molecular weight is 531 g/mol. The molecule has 6 heteroatoms. The van der Waals surface area contributed by atoms with E-state index in [1.54, 1.807) is 18.3 Å². The van der Waals surface area contributed by atoms with E-state index in [9.17, 15) is 0 Å². The highest BCUT2D eigenvalue weighted by molar-refractivity contribution is 5.96. The number of nitrogens with one attached hydrogen (secondary N) is 2. The molecule has 4 N–H and O–H groups in total. The molecule has 6 nitrogen and oxygen atoms in total. The SMILES string of the molecule is N#Cc1ccc(Nc2ncc(N)c(Nc3c(-c4ccccc4)cc(-c4ccccc4)cc3-c3ccccc3)n2)cc1. The molecular weight excluding hydrogens is 504 g/mol. The first-order chi connectivity index (χ1) is 20.2. The van der Waals surface area contributed by atoms with Gasteiger partial charge in [0.25, 0.3) is 0 Å². The van der Waals surface area contributed by atoms with E-state index in [2.05, 4.69) is 82.4 Å². The van der Waals surface area contributed by atoms with Gasteiger partial charge in [-0.15, -0.1) is 0 Å². The molecule has 0 saturated carbocycles. The molecule has 0 fully saturated rings. The predicted octanol–water partition coefficient (Wildman–Crippen LogP) is 8.42. The number of hydrogen-bond acceptors (Lipinski definition) is 6. The van der Waals surface area contributed by atoms with Crippen molar-refractivity contribution in [3.05, 3.63) is 139 Å². The predicted molar refractivity (Wildman–Crippen MR) is 167 cm³/mol. The van der Waals surface area contributed by atoms with Gasteiger partial charge in [0, 0.05) is 16.8 Å². The molecule has 6 aromatic rings. The van der Waals surface area contributed by atoms with Crippen LogP contribution in [0.25, 0.3) is 33.4 Å². The lowest BCUT2D eigenvalue weighted by Crippen LogP contribution is -2.06. The third-order valence-electron chi connectivity index (χ3n) is 6.75. The zero-order valence-electron chi connectivity index (χ0n) is 22.1. The van der Waals surface area contributed by atoms with Gasteiger partial charge in [0.05, 0.1) is 29.2 Å². The third-order valence-corrected chi connectivity index (χ3v) is 6.75. The molecule has 0 aliphatic rings. The number of nitrogens with zero attached hydrogens (tertiary/aromatic N) is 3. The molecule has 0 atom stereocenters. The van der Waals surface area contributed by atoms with E-state index in [0.29, 0.717) is 23.0 Å². The maximum absolute atomic E-state index is 9.10. The Hall–Kier alpha value is -5.93. The van der Waals surface area contributed by atoms with Crippen molar-refractivity contribution in [3.63, 3.8) is 0 Å². The number of rotatable bonds is 7. The van der Waals surface area contributed by atoms with Gasteiger partial charge in [-0.3, -0.25) is 0 Å². The second kappa shape index (κ2) is 11.4. The number of hydrogen-bond donors (Lipinski definition) is 3. The maximum Gasteiger partial charge on any atom is 0.229 e. The van der Waals surface area contributed by atoms with Crippen molar-refractivity contribution in [2.45, 2.75) is 0 Å². The molecule has 0 bridgehead atoms. The second-order valence-corrected chi connectivity index (χ2v) is 9.48. The standard InChI is InChI=1S/C35H26N6/c36-22-24-16-18-29(19-17-24)39-35-38-23-32(37)34(41-35)40-33-30(26-12-6-2-7-13-26)20-28(25-10-4-1-5-11-25)21-31(33)27-14-8-3-9-15-27/h1-21,23H,37H2,(H2,38,39,40,41). The molecule has 0 saturated heterocycles. The van der Waals surface area contributed by atoms with E-state index in [1.165, 1.54) is 0 Å². The molecule has 41 heavy (non-hydrogen) atoms. The molecule has 196 valence electrons. The molecule has 0 radical (unpaired) electrons. The minimum atomic E-state index is 0.384. The molecule has 0 aliphatic heterocycles. The van der Waals surface area contributed by atoms with Crippen LogP contribution in [0.1, 0.15) is 5.56 Å². The minimum absolute atomic E-state index is 0.384. The van der Waals surface area contributed by atoms with Crippen LogP contribution in [-0.2, 0) is 0 Å². The van der Waals surface area contributed by atoms with Crippen LogP contribution < -0.4 is 16.4 Å². The highest BCUT2D eigenvalue weighted by Gasteiger charge is 2.17. The molecule has 0 unspecified atom stereocenters. The van der Waals surface area contributed by atoms with Gasteiger partial charge < -0.3 is 16.4 Å². The Morgan fingerprint density at radius 1 is 0.610 bits per heavy atom. The number of nitriles is 1. The largest absolute Gasteiger partial charge is 0.394 e. The van der Waals surface area contributed by atoms with Crippen molar-refractivity contribution in [1.29, 1.82) is 5.26 Å². The highest BCUT2D eigenvalue weighted by atomic mass is 15.2. The van der Waals surface area contributed by atoms with E-state index >= 15 is 0 Å². The monoisotopic (exact) mass is 530 g/mol. The summed E-state index contributed by atoms with van der Waals surface area (Å²) in [5.74, 6) is 0.868. The van der Waals surface area contributed by atoms with Gasteiger partial charge in [-0.05, 0) is 58.7 Å². The molecule has 0 aliphatic carbocycles. The van der Waals surface area contributed by atoms with Crippen molar-refractivity contribution in [2.24, 2.45) is 0 Å². The molecule has 0 amide bonds. The van der Waals surface area contributed by atoms with Crippen molar-refractivity contribution >= 4 is 28.8 Å². The minimum Gasteiger partial charge on any atom is -0.394 e. The Morgan fingerprint density at radius 2 is 1.15 bits per heavy atom. The van der Waals surface area contributed by atoms with E-state index in [4.69, 9.17) is 16.0 Å². The number of aromatic nitrogens is 2. The molecule has 1 aromatic heterocycles. The highest BCUT2D eigenvalue weighted by Crippen LogP contribution is 2.42. The number of nitrogens with two attached hydrogens (primary N) is 1. The van der Waals surface area contributed by atoms with Crippen molar-refractivity contribution < 1.29 is 0 Å². The summed E-state index contributed by atoms with van der Waals surface area (Å²) >= 11 is 0. The molecule has 6 rings (SSSR count). The summed E-state index contributed by atoms with van der Waals surface area (Å²) in [5, 5.41) is 15.9. The first-order valence-corrected chi connectivity index (χ1v) is 13.2. The van der Waals surface area contributed by atoms with Gasteiger partial charge in [-0.2, -0.15) is 10.2 Å². The molecular formula is C35H26N6. The summed E-state index contributed by atoms with van der Waals surface area (Å²) in [5.41, 5.74) is 15.5. The lowest BCUT2D eigenvalue weighted by molar-refractivity contribution is 1.17. The first-order valence-electron chi connectivity index (χ1n) is 13.2. The fraction of sp³-hybridized carbons (Fsp3) is 0. The number of benzene rings is 5. The van der Waals surface area contributed by atoms with Gasteiger partial charge >= 0.3 is 0 Å². The van der Waals surface area contributed by atoms with Crippen LogP contribution >= 0.6 is 0 Å². The van der Waals surface area contributed by atoms with Crippen LogP contribution in [0.3, 0.4) is 0 Å². The normalized spacial score (nSPS) is 10.5. The molecule has 5 aromatic carbocycles. The van der Waals surface area contributed by atoms with Gasteiger partial charge in [-0.1, -0.05) is 91.0 Å². The van der Waals surface area contributed by atoms with E-state index in [0.717, 1.165) is 44.8 Å². The molecule has 0 spiro atoms. The Kier molecular flexibility index (Phi) is 7.07. The van der Waals surface area contributed by atoms with Crippen LogP contribution in [0.15, 0.2) is 134 Å². The average Bonchev–Trinajstić information content (AvgIpc) is 3.04. The van der Waals surface area contributed by atoms with Crippen LogP contribution in [-0.4, -0.2) is 9.97 Å². The zero-order chi connectivity index (χ0) is 28.0. The Morgan fingerprint density at radius 3 is 1.68 bits per heavy atom. The smallest absolute Gasteiger partial charge is 0.229 e. The third kappa shape index (κ3) is 5.60. The second-order valence-electron chi connectivity index (χ2n) is 9.48. The van der Waals surface area contributed by atoms with Crippen LogP contribution in [0.4, 0.5) is 28.8 Å². The summed E-state index contributed by atoms with van der Waals surface area (Å²) in [7, 11) is 0. The quantitative estimate of drug-likeness (QED) is 0.192. The summed E-state index contributed by atoms with van der Waals surface area (Å²) in [4.78, 5) is 9.11. The van der Waals surface area contributed by atoms with Gasteiger partial charge in [0.2, 0.25) is 5.95 Å². The fourth-order valence-corrected chi connectivity index (χ4v) is 4.69. The first kappa shape index (κ1) is 25.4. The fourth-order valence-electron chi connectivity index (χ4n) is 4.69. The lowest BCUT2D eigenvalue weighted by atomic mass is 9.91. The Bertz CT molecular complexity index is 1770.